The number of alkyl halides is 1. The molecule has 20 heavy (non-hydrogen) atoms. The van der Waals surface area contributed by atoms with Gasteiger partial charge in [0.15, 0.2) is 11.6 Å². The third kappa shape index (κ3) is 3.09. The fourth-order valence-corrected chi connectivity index (χ4v) is 2.14. The zero-order valence-electron chi connectivity index (χ0n) is 9.96. The topological polar surface area (TPSA) is 33.0 Å². The fraction of sp³-hybridized carbons (Fsp3) is 0.0714. The standard InChI is InChI=1S/C14H7BrClF2NO/c15-10-4-11(17)14(18)13(5-10)20-12-2-1-8(6-16)3-9(12)7-19/h1-5H,6H2. The smallest absolute Gasteiger partial charge is 0.201 e. The first-order valence-electron chi connectivity index (χ1n) is 5.46. The number of hydrogen-bond acceptors (Lipinski definition) is 2. The van der Waals surface area contributed by atoms with E-state index in [9.17, 15) is 8.78 Å². The number of nitriles is 1. The van der Waals surface area contributed by atoms with Crippen LogP contribution in [-0.2, 0) is 5.88 Å². The summed E-state index contributed by atoms with van der Waals surface area (Å²) < 4.78 is 32.5. The van der Waals surface area contributed by atoms with Gasteiger partial charge in [-0.2, -0.15) is 9.65 Å². The van der Waals surface area contributed by atoms with Gasteiger partial charge in [0.1, 0.15) is 11.8 Å². The Morgan fingerprint density at radius 1 is 1.20 bits per heavy atom. The van der Waals surface area contributed by atoms with E-state index in [2.05, 4.69) is 15.9 Å². The van der Waals surface area contributed by atoms with E-state index in [4.69, 9.17) is 21.6 Å². The van der Waals surface area contributed by atoms with Crippen LogP contribution in [0, 0.1) is 23.0 Å². The van der Waals surface area contributed by atoms with Crippen LogP contribution in [0.3, 0.4) is 0 Å². The maximum absolute atomic E-state index is 13.6. The van der Waals surface area contributed by atoms with Crippen LogP contribution >= 0.6 is 27.5 Å². The molecule has 0 heterocycles. The van der Waals surface area contributed by atoms with E-state index in [1.807, 2.05) is 6.07 Å². The normalized spacial score (nSPS) is 10.2. The largest absolute Gasteiger partial charge is 0.453 e. The van der Waals surface area contributed by atoms with E-state index >= 15 is 0 Å². The summed E-state index contributed by atoms with van der Waals surface area (Å²) in [6, 6.07) is 8.88. The van der Waals surface area contributed by atoms with E-state index in [0.717, 1.165) is 11.6 Å². The number of rotatable bonds is 3. The average molecular weight is 359 g/mol. The van der Waals surface area contributed by atoms with Gasteiger partial charge in [-0.05, 0) is 29.8 Å². The fourth-order valence-electron chi connectivity index (χ4n) is 1.56. The molecule has 0 saturated carbocycles. The summed E-state index contributed by atoms with van der Waals surface area (Å²) in [5.74, 6) is -2.07. The summed E-state index contributed by atoms with van der Waals surface area (Å²) in [7, 11) is 0. The molecule has 0 aliphatic carbocycles. The first-order chi connectivity index (χ1) is 9.55. The van der Waals surface area contributed by atoms with Crippen molar-refractivity contribution in [3.8, 4) is 17.6 Å². The first-order valence-corrected chi connectivity index (χ1v) is 6.79. The van der Waals surface area contributed by atoms with Crippen molar-refractivity contribution in [2.45, 2.75) is 5.88 Å². The van der Waals surface area contributed by atoms with Gasteiger partial charge in [0.05, 0.1) is 5.56 Å². The van der Waals surface area contributed by atoms with Crippen molar-refractivity contribution < 1.29 is 13.5 Å². The minimum Gasteiger partial charge on any atom is -0.453 e. The molecule has 0 aromatic heterocycles. The molecule has 6 heteroatoms. The van der Waals surface area contributed by atoms with Crippen LogP contribution < -0.4 is 4.74 Å². The molecule has 0 aliphatic rings. The second-order valence-corrected chi connectivity index (χ2v) is 5.06. The number of halogens is 4. The quantitative estimate of drug-likeness (QED) is 0.563. The highest BCUT2D eigenvalue weighted by atomic mass is 79.9. The van der Waals surface area contributed by atoms with Crippen LogP contribution in [0.4, 0.5) is 8.78 Å². The highest BCUT2D eigenvalue weighted by Gasteiger charge is 2.14. The van der Waals surface area contributed by atoms with Crippen LogP contribution in [0.1, 0.15) is 11.1 Å². The molecule has 2 rings (SSSR count). The minimum atomic E-state index is -1.11. The van der Waals surface area contributed by atoms with E-state index in [1.165, 1.54) is 18.2 Å². The number of benzene rings is 2. The highest BCUT2D eigenvalue weighted by Crippen LogP contribution is 2.31. The van der Waals surface area contributed by atoms with Gasteiger partial charge in [0, 0.05) is 10.4 Å². The summed E-state index contributed by atoms with van der Waals surface area (Å²) in [5, 5.41) is 9.04. The minimum absolute atomic E-state index is 0.137. The maximum Gasteiger partial charge on any atom is 0.201 e. The predicted octanol–water partition coefficient (Wildman–Crippen LogP) is 5.13. The van der Waals surface area contributed by atoms with Crippen LogP contribution in [0.5, 0.6) is 11.5 Å². The molecule has 0 atom stereocenters. The Morgan fingerprint density at radius 3 is 2.60 bits per heavy atom. The van der Waals surface area contributed by atoms with Gasteiger partial charge in [-0.1, -0.05) is 22.0 Å². The first kappa shape index (κ1) is 14.8. The van der Waals surface area contributed by atoms with Crippen molar-refractivity contribution in [2.24, 2.45) is 0 Å². The van der Waals surface area contributed by atoms with Crippen LogP contribution in [0.2, 0.25) is 0 Å². The Bertz CT molecular complexity index is 700. The van der Waals surface area contributed by atoms with Crippen molar-refractivity contribution in [1.29, 1.82) is 5.26 Å². The number of hydrogen-bond donors (Lipinski definition) is 0. The molecule has 0 unspecified atom stereocenters. The summed E-state index contributed by atoms with van der Waals surface area (Å²) in [6.45, 7) is 0. The van der Waals surface area contributed by atoms with Gasteiger partial charge in [0.2, 0.25) is 5.82 Å². The molecule has 0 radical (unpaired) electrons. The Morgan fingerprint density at radius 2 is 1.95 bits per heavy atom. The number of ether oxygens (including phenoxy) is 1. The Kier molecular flexibility index (Phi) is 4.58. The molecule has 0 fully saturated rings. The Labute approximate surface area is 127 Å². The van der Waals surface area contributed by atoms with Gasteiger partial charge >= 0.3 is 0 Å². The highest BCUT2D eigenvalue weighted by molar-refractivity contribution is 9.10. The van der Waals surface area contributed by atoms with Crippen molar-refractivity contribution >= 4 is 27.5 Å². The number of nitrogens with zero attached hydrogens (tertiary/aromatic N) is 1. The molecule has 102 valence electrons. The summed E-state index contributed by atoms with van der Waals surface area (Å²) in [5.41, 5.74) is 0.930. The average Bonchev–Trinajstić information content (AvgIpc) is 2.44. The van der Waals surface area contributed by atoms with Crippen molar-refractivity contribution in [2.75, 3.05) is 0 Å². The molecular formula is C14H7BrClF2NO. The molecule has 0 bridgehead atoms. The van der Waals surface area contributed by atoms with E-state index in [1.54, 1.807) is 6.07 Å². The van der Waals surface area contributed by atoms with Gasteiger partial charge in [-0.3, -0.25) is 0 Å². The monoisotopic (exact) mass is 357 g/mol. The zero-order chi connectivity index (χ0) is 14.7. The van der Waals surface area contributed by atoms with Crippen LogP contribution in [0.15, 0.2) is 34.8 Å². The van der Waals surface area contributed by atoms with Gasteiger partial charge < -0.3 is 4.74 Å². The zero-order valence-corrected chi connectivity index (χ0v) is 12.3. The van der Waals surface area contributed by atoms with Crippen molar-refractivity contribution in [3.63, 3.8) is 0 Å². The van der Waals surface area contributed by atoms with Gasteiger partial charge in [0.25, 0.3) is 0 Å². The second-order valence-electron chi connectivity index (χ2n) is 3.88. The van der Waals surface area contributed by atoms with Crippen molar-refractivity contribution in [3.05, 3.63) is 57.6 Å². The lowest BCUT2D eigenvalue weighted by atomic mass is 10.1. The molecular weight excluding hydrogens is 352 g/mol. The molecule has 2 aromatic rings. The third-order valence-corrected chi connectivity index (χ3v) is 3.26. The molecule has 0 saturated heterocycles. The summed E-state index contributed by atoms with van der Waals surface area (Å²) in [4.78, 5) is 0. The molecule has 0 spiro atoms. The maximum atomic E-state index is 13.6. The van der Waals surface area contributed by atoms with Gasteiger partial charge in [-0.25, -0.2) is 4.39 Å². The summed E-state index contributed by atoms with van der Waals surface area (Å²) >= 11 is 8.72. The second kappa shape index (κ2) is 6.21. The molecule has 0 amide bonds. The van der Waals surface area contributed by atoms with E-state index < -0.39 is 11.6 Å². The van der Waals surface area contributed by atoms with E-state index in [0.29, 0.717) is 4.47 Å². The van der Waals surface area contributed by atoms with Crippen molar-refractivity contribution in [1.82, 2.24) is 0 Å². The van der Waals surface area contributed by atoms with Gasteiger partial charge in [-0.15, -0.1) is 11.6 Å². The Balaban J connectivity index is 2.43. The van der Waals surface area contributed by atoms with Crippen LogP contribution in [0.25, 0.3) is 0 Å². The molecule has 2 nitrogen and oxygen atoms in total. The SMILES string of the molecule is N#Cc1cc(CCl)ccc1Oc1cc(Br)cc(F)c1F. The lowest BCUT2D eigenvalue weighted by Crippen LogP contribution is -1.95. The molecule has 0 aliphatic heterocycles. The van der Waals surface area contributed by atoms with Crippen LogP contribution in [-0.4, -0.2) is 0 Å². The molecule has 0 N–H and O–H groups in total. The lowest BCUT2D eigenvalue weighted by molar-refractivity contribution is 0.414. The third-order valence-electron chi connectivity index (χ3n) is 2.50. The molecule has 2 aromatic carbocycles. The lowest BCUT2D eigenvalue weighted by Gasteiger charge is -2.10. The summed E-state index contributed by atoms with van der Waals surface area (Å²) in [6.07, 6.45) is 0. The predicted molar refractivity (Wildman–Crippen MR) is 74.8 cm³/mol. The Hall–Kier alpha value is -1.64. The van der Waals surface area contributed by atoms with E-state index in [-0.39, 0.29) is 22.9 Å².